The summed E-state index contributed by atoms with van der Waals surface area (Å²) in [6, 6.07) is -0.316. The zero-order chi connectivity index (χ0) is 12.7. The van der Waals surface area contributed by atoms with Crippen LogP contribution < -0.4 is 5.32 Å². The number of carbonyl (C=O) groups is 1. The van der Waals surface area contributed by atoms with Gasteiger partial charge in [0.1, 0.15) is 11.9 Å². The summed E-state index contributed by atoms with van der Waals surface area (Å²) < 4.78 is 4.74. The fraction of sp³-hybridized carbons (Fsp3) is 0.700. The van der Waals surface area contributed by atoms with E-state index in [0.717, 1.165) is 18.8 Å². The number of rotatable bonds is 7. The van der Waals surface area contributed by atoms with Crippen molar-refractivity contribution in [1.29, 1.82) is 0 Å². The zero-order valence-electron chi connectivity index (χ0n) is 10.3. The van der Waals surface area contributed by atoms with E-state index < -0.39 is 0 Å². The lowest BCUT2D eigenvalue weighted by molar-refractivity contribution is -0.142. The first-order chi connectivity index (χ1) is 8.17. The van der Waals surface area contributed by atoms with Gasteiger partial charge in [-0.3, -0.25) is 9.89 Å². The van der Waals surface area contributed by atoms with E-state index in [0.29, 0.717) is 10.9 Å². The number of carbonyl (C=O) groups excluding carboxylic acids is 1. The second kappa shape index (κ2) is 7.29. The Balaban J connectivity index is 2.45. The molecule has 0 aliphatic rings. The van der Waals surface area contributed by atoms with Crippen molar-refractivity contribution in [3.05, 3.63) is 5.82 Å². The largest absolute Gasteiger partial charge is 0.468 e. The van der Waals surface area contributed by atoms with Crippen LogP contribution in [0.5, 0.6) is 0 Å². The molecule has 0 aliphatic heterocycles. The van der Waals surface area contributed by atoms with Crippen molar-refractivity contribution in [2.24, 2.45) is 0 Å². The summed E-state index contributed by atoms with van der Waals surface area (Å²) in [6.45, 7) is 4.67. The van der Waals surface area contributed by atoms with Crippen LogP contribution in [0.1, 0.15) is 19.2 Å². The zero-order valence-corrected chi connectivity index (χ0v) is 11.1. The van der Waals surface area contributed by atoms with Crippen molar-refractivity contribution < 1.29 is 9.53 Å². The summed E-state index contributed by atoms with van der Waals surface area (Å²) in [5.74, 6) is 1.08. The molecule has 0 fully saturated rings. The van der Waals surface area contributed by atoms with Gasteiger partial charge in [0.2, 0.25) is 5.16 Å². The molecule has 0 saturated heterocycles. The van der Waals surface area contributed by atoms with Crippen molar-refractivity contribution >= 4 is 17.7 Å². The molecule has 0 aromatic carbocycles. The maximum Gasteiger partial charge on any atom is 0.323 e. The first kappa shape index (κ1) is 14.0. The van der Waals surface area contributed by atoms with Crippen LogP contribution in [-0.2, 0) is 9.53 Å². The predicted octanol–water partition coefficient (Wildman–Crippen LogP) is 0.746. The molecule has 0 radical (unpaired) electrons. The molecule has 17 heavy (non-hydrogen) atoms. The monoisotopic (exact) mass is 258 g/mol. The maximum absolute atomic E-state index is 11.5. The lowest BCUT2D eigenvalue weighted by Gasteiger charge is -2.14. The number of ether oxygens (including phenoxy) is 1. The molecule has 7 heteroatoms. The average Bonchev–Trinajstić information content (AvgIpc) is 2.74. The van der Waals surface area contributed by atoms with Crippen molar-refractivity contribution in [3.63, 3.8) is 0 Å². The Labute approximate surface area is 105 Å². The van der Waals surface area contributed by atoms with Crippen molar-refractivity contribution in [2.75, 3.05) is 19.4 Å². The van der Waals surface area contributed by atoms with Crippen LogP contribution in [0.4, 0.5) is 0 Å². The highest BCUT2D eigenvalue weighted by molar-refractivity contribution is 7.99. The van der Waals surface area contributed by atoms with Gasteiger partial charge in [0.25, 0.3) is 0 Å². The first-order valence-corrected chi connectivity index (χ1v) is 6.49. The number of H-pyrrole nitrogens is 1. The van der Waals surface area contributed by atoms with Gasteiger partial charge in [0, 0.05) is 5.75 Å². The van der Waals surface area contributed by atoms with Crippen LogP contribution in [0.3, 0.4) is 0 Å². The van der Waals surface area contributed by atoms with Gasteiger partial charge in [-0.15, -0.1) is 5.10 Å². The number of hydrogen-bond donors (Lipinski definition) is 2. The minimum Gasteiger partial charge on any atom is -0.468 e. The fourth-order valence-electron chi connectivity index (χ4n) is 1.22. The number of aromatic amines is 1. The smallest absolute Gasteiger partial charge is 0.323 e. The molecule has 1 heterocycles. The molecule has 0 aliphatic carbocycles. The number of esters is 1. The minimum atomic E-state index is -0.316. The molecule has 0 bridgehead atoms. The van der Waals surface area contributed by atoms with Crippen molar-refractivity contribution in [2.45, 2.75) is 31.5 Å². The molecule has 96 valence electrons. The Bertz CT molecular complexity index is 356. The van der Waals surface area contributed by atoms with E-state index >= 15 is 0 Å². The number of thioether (sulfide) groups is 1. The summed E-state index contributed by atoms with van der Waals surface area (Å²) >= 11 is 1.43. The Morgan fingerprint density at radius 1 is 1.65 bits per heavy atom. The predicted molar refractivity (Wildman–Crippen MR) is 65.9 cm³/mol. The molecular formula is C10H18N4O2S. The fourth-order valence-corrected chi connectivity index (χ4v) is 2.10. The number of aromatic nitrogens is 3. The highest BCUT2D eigenvalue weighted by Gasteiger charge is 2.19. The number of nitrogens with zero attached hydrogens (tertiary/aromatic N) is 2. The SMILES string of the molecule is CCCNC(CSc1n[nH]c(C)n1)C(=O)OC. The van der Waals surface area contributed by atoms with Crippen molar-refractivity contribution in [1.82, 2.24) is 20.5 Å². The highest BCUT2D eigenvalue weighted by atomic mass is 32.2. The second-order valence-corrected chi connectivity index (χ2v) is 4.53. The topological polar surface area (TPSA) is 79.9 Å². The Morgan fingerprint density at radius 3 is 2.94 bits per heavy atom. The van der Waals surface area contributed by atoms with Crippen molar-refractivity contribution in [3.8, 4) is 0 Å². The third-order valence-electron chi connectivity index (χ3n) is 2.08. The van der Waals surface area contributed by atoms with E-state index in [1.54, 1.807) is 0 Å². The standard InChI is InChI=1S/C10H18N4O2S/c1-4-5-11-8(9(15)16-3)6-17-10-12-7(2)13-14-10/h8,11H,4-6H2,1-3H3,(H,12,13,14). The summed E-state index contributed by atoms with van der Waals surface area (Å²) in [5.41, 5.74) is 0. The van der Waals surface area contributed by atoms with Crippen LogP contribution in [-0.4, -0.2) is 46.6 Å². The molecule has 6 nitrogen and oxygen atoms in total. The van der Waals surface area contributed by atoms with Crippen LogP contribution in [0.25, 0.3) is 0 Å². The summed E-state index contributed by atoms with van der Waals surface area (Å²) in [6.07, 6.45) is 0.970. The Kier molecular flexibility index (Phi) is 5.99. The van der Waals surface area contributed by atoms with Gasteiger partial charge in [0.15, 0.2) is 0 Å². The van der Waals surface area contributed by atoms with Gasteiger partial charge < -0.3 is 10.1 Å². The van der Waals surface area contributed by atoms with Gasteiger partial charge in [-0.1, -0.05) is 18.7 Å². The lowest BCUT2D eigenvalue weighted by Crippen LogP contribution is -2.40. The number of methoxy groups -OCH3 is 1. The molecule has 1 unspecified atom stereocenters. The van der Waals surface area contributed by atoms with Crippen LogP contribution in [0, 0.1) is 6.92 Å². The third kappa shape index (κ3) is 4.74. The Hall–Kier alpha value is -1.08. The number of aryl methyl sites for hydroxylation is 1. The van der Waals surface area contributed by atoms with Gasteiger partial charge >= 0.3 is 5.97 Å². The highest BCUT2D eigenvalue weighted by Crippen LogP contribution is 2.13. The van der Waals surface area contributed by atoms with Crippen LogP contribution in [0.15, 0.2) is 5.16 Å². The first-order valence-electron chi connectivity index (χ1n) is 5.50. The molecular weight excluding hydrogens is 240 g/mol. The summed E-state index contributed by atoms with van der Waals surface area (Å²) in [4.78, 5) is 15.7. The van der Waals surface area contributed by atoms with Crippen LogP contribution >= 0.6 is 11.8 Å². The molecule has 1 rings (SSSR count). The molecule has 1 aromatic heterocycles. The molecule has 1 aromatic rings. The number of nitrogens with one attached hydrogen (secondary N) is 2. The minimum absolute atomic E-state index is 0.252. The summed E-state index contributed by atoms with van der Waals surface area (Å²) in [7, 11) is 1.39. The van der Waals surface area contributed by atoms with E-state index in [-0.39, 0.29) is 12.0 Å². The molecule has 0 saturated carbocycles. The van der Waals surface area contributed by atoms with Gasteiger partial charge in [-0.05, 0) is 19.9 Å². The van der Waals surface area contributed by atoms with Gasteiger partial charge in [0.05, 0.1) is 7.11 Å². The maximum atomic E-state index is 11.5. The quantitative estimate of drug-likeness (QED) is 0.555. The van der Waals surface area contributed by atoms with Gasteiger partial charge in [-0.2, -0.15) is 0 Å². The third-order valence-corrected chi connectivity index (χ3v) is 3.02. The number of hydrogen-bond acceptors (Lipinski definition) is 6. The second-order valence-electron chi connectivity index (χ2n) is 3.54. The van der Waals surface area contributed by atoms with E-state index in [1.807, 2.05) is 13.8 Å². The van der Waals surface area contributed by atoms with E-state index in [9.17, 15) is 4.79 Å². The van der Waals surface area contributed by atoms with E-state index in [4.69, 9.17) is 4.74 Å². The normalized spacial score (nSPS) is 12.4. The average molecular weight is 258 g/mol. The molecule has 0 amide bonds. The van der Waals surface area contributed by atoms with E-state index in [1.165, 1.54) is 18.9 Å². The molecule has 0 spiro atoms. The summed E-state index contributed by atoms with van der Waals surface area (Å²) in [5, 5.41) is 10.5. The van der Waals surface area contributed by atoms with Crippen LogP contribution in [0.2, 0.25) is 0 Å². The lowest BCUT2D eigenvalue weighted by atomic mass is 10.3. The molecule has 1 atom stereocenters. The van der Waals surface area contributed by atoms with E-state index in [2.05, 4.69) is 20.5 Å². The van der Waals surface area contributed by atoms with Gasteiger partial charge in [-0.25, -0.2) is 4.98 Å². The Morgan fingerprint density at radius 2 is 2.41 bits per heavy atom. The molecule has 2 N–H and O–H groups in total.